The van der Waals surface area contributed by atoms with Gasteiger partial charge >= 0.3 is 0 Å². The van der Waals surface area contributed by atoms with Gasteiger partial charge in [0, 0.05) is 12.2 Å². The van der Waals surface area contributed by atoms with Crippen molar-refractivity contribution in [2.24, 2.45) is 5.41 Å². The van der Waals surface area contributed by atoms with Gasteiger partial charge in [0.1, 0.15) is 0 Å². The van der Waals surface area contributed by atoms with Gasteiger partial charge in [-0.15, -0.1) is 0 Å². The highest BCUT2D eigenvalue weighted by Crippen LogP contribution is 2.35. The number of benzene rings is 1. The van der Waals surface area contributed by atoms with E-state index < -0.39 is 0 Å². The summed E-state index contributed by atoms with van der Waals surface area (Å²) in [5.41, 5.74) is 8.36. The van der Waals surface area contributed by atoms with Crippen LogP contribution in [0.4, 0.5) is 5.69 Å². The Morgan fingerprint density at radius 3 is 2.68 bits per heavy atom. The van der Waals surface area contributed by atoms with Crippen molar-refractivity contribution >= 4 is 11.6 Å². The van der Waals surface area contributed by atoms with Crippen LogP contribution in [0.1, 0.15) is 54.9 Å². The first-order valence-electron chi connectivity index (χ1n) is 7.15. The molecule has 1 aromatic rings. The van der Waals surface area contributed by atoms with Crippen molar-refractivity contribution in [2.45, 2.75) is 46.0 Å². The predicted octanol–water partition coefficient (Wildman–Crippen LogP) is 3.28. The highest BCUT2D eigenvalue weighted by Gasteiger charge is 2.27. The number of rotatable bonds is 3. The van der Waals surface area contributed by atoms with Crippen molar-refractivity contribution in [3.8, 4) is 0 Å². The van der Waals surface area contributed by atoms with Crippen LogP contribution in [-0.2, 0) is 0 Å². The molecule has 1 saturated carbocycles. The lowest BCUT2D eigenvalue weighted by atomic mass is 9.76. The third kappa shape index (κ3) is 3.28. The maximum atomic E-state index is 12.2. The summed E-state index contributed by atoms with van der Waals surface area (Å²) in [5, 5.41) is 3.06. The molecule has 0 atom stereocenters. The number of nitrogen functional groups attached to an aromatic ring is 1. The lowest BCUT2D eigenvalue weighted by Crippen LogP contribution is -2.37. The summed E-state index contributed by atoms with van der Waals surface area (Å²) >= 11 is 0. The minimum atomic E-state index is -0.0481. The van der Waals surface area contributed by atoms with E-state index in [1.54, 1.807) is 6.07 Å². The van der Waals surface area contributed by atoms with E-state index in [1.807, 2.05) is 19.1 Å². The minimum Gasteiger partial charge on any atom is -0.398 e. The average Bonchev–Trinajstić information content (AvgIpc) is 2.40. The zero-order chi connectivity index (χ0) is 13.9. The highest BCUT2D eigenvalue weighted by molar-refractivity contribution is 5.99. The Hall–Kier alpha value is -1.51. The smallest absolute Gasteiger partial charge is 0.253 e. The molecule has 3 nitrogen and oxygen atoms in total. The number of nitrogens with two attached hydrogens (primary N) is 1. The number of carbonyl (C=O) groups is 1. The summed E-state index contributed by atoms with van der Waals surface area (Å²) in [4.78, 5) is 12.2. The summed E-state index contributed by atoms with van der Waals surface area (Å²) < 4.78 is 0. The van der Waals surface area contributed by atoms with Gasteiger partial charge in [0.05, 0.1) is 5.56 Å². The van der Waals surface area contributed by atoms with Gasteiger partial charge in [-0.2, -0.15) is 0 Å². The second kappa shape index (κ2) is 5.64. The Bertz CT molecular complexity index is 462. The molecule has 0 saturated heterocycles. The Morgan fingerprint density at radius 1 is 1.32 bits per heavy atom. The fraction of sp³-hybridized carbons (Fsp3) is 0.562. The van der Waals surface area contributed by atoms with Crippen molar-refractivity contribution in [1.29, 1.82) is 0 Å². The number of amides is 1. The fourth-order valence-electron chi connectivity index (χ4n) is 2.85. The molecule has 1 amide bonds. The first-order valence-corrected chi connectivity index (χ1v) is 7.15. The van der Waals surface area contributed by atoms with Gasteiger partial charge in [-0.1, -0.05) is 38.3 Å². The molecule has 1 aliphatic carbocycles. The largest absolute Gasteiger partial charge is 0.398 e. The summed E-state index contributed by atoms with van der Waals surface area (Å²) in [6, 6.07) is 5.60. The standard InChI is InChI=1S/C16H24N2O/c1-12-7-6-8-13(14(12)17)15(19)18-11-16(2)9-4-3-5-10-16/h6-8H,3-5,9-11,17H2,1-2H3,(H,18,19). The van der Waals surface area contributed by atoms with E-state index in [2.05, 4.69) is 12.2 Å². The van der Waals surface area contributed by atoms with Gasteiger partial charge in [0.2, 0.25) is 0 Å². The van der Waals surface area contributed by atoms with Gasteiger partial charge in [0.25, 0.3) is 5.91 Å². The molecule has 1 aromatic carbocycles. The molecule has 2 rings (SSSR count). The Balaban J connectivity index is 1.99. The van der Waals surface area contributed by atoms with Crippen molar-refractivity contribution in [2.75, 3.05) is 12.3 Å². The predicted molar refractivity (Wildman–Crippen MR) is 79.1 cm³/mol. The van der Waals surface area contributed by atoms with E-state index in [0.29, 0.717) is 11.3 Å². The fourth-order valence-corrected chi connectivity index (χ4v) is 2.85. The molecule has 0 spiro atoms. The Kier molecular flexibility index (Phi) is 4.13. The number of carbonyl (C=O) groups excluding carboxylic acids is 1. The SMILES string of the molecule is Cc1cccc(C(=O)NCC2(C)CCCCC2)c1N. The maximum Gasteiger partial charge on any atom is 0.253 e. The molecule has 1 fully saturated rings. The Labute approximate surface area is 115 Å². The van der Waals surface area contributed by atoms with E-state index in [9.17, 15) is 4.79 Å². The minimum absolute atomic E-state index is 0.0481. The second-order valence-corrected chi connectivity index (χ2v) is 6.09. The van der Waals surface area contributed by atoms with E-state index in [-0.39, 0.29) is 11.3 Å². The lowest BCUT2D eigenvalue weighted by molar-refractivity contribution is 0.0920. The van der Waals surface area contributed by atoms with Crippen LogP contribution in [0, 0.1) is 12.3 Å². The van der Waals surface area contributed by atoms with Crippen LogP contribution >= 0.6 is 0 Å². The molecule has 0 aromatic heterocycles. The number of hydrogen-bond acceptors (Lipinski definition) is 2. The van der Waals surface area contributed by atoms with Crippen LogP contribution < -0.4 is 11.1 Å². The molecule has 0 unspecified atom stereocenters. The topological polar surface area (TPSA) is 55.1 Å². The van der Waals surface area contributed by atoms with Gasteiger partial charge in [0.15, 0.2) is 0 Å². The van der Waals surface area contributed by atoms with Gasteiger partial charge in [-0.3, -0.25) is 4.79 Å². The summed E-state index contributed by atoms with van der Waals surface area (Å²) in [5.74, 6) is -0.0481. The second-order valence-electron chi connectivity index (χ2n) is 6.09. The molecule has 3 heteroatoms. The average molecular weight is 260 g/mol. The van der Waals surface area contributed by atoms with E-state index in [4.69, 9.17) is 5.73 Å². The first-order chi connectivity index (χ1) is 9.02. The first kappa shape index (κ1) is 13.9. The molecule has 0 radical (unpaired) electrons. The van der Waals surface area contributed by atoms with Crippen molar-refractivity contribution in [3.63, 3.8) is 0 Å². The van der Waals surface area contributed by atoms with E-state index in [0.717, 1.165) is 12.1 Å². The number of anilines is 1. The molecular formula is C16H24N2O. The van der Waals surface area contributed by atoms with Gasteiger partial charge in [-0.05, 0) is 36.8 Å². The van der Waals surface area contributed by atoms with Crippen LogP contribution in [0.2, 0.25) is 0 Å². The zero-order valence-corrected chi connectivity index (χ0v) is 12.0. The quantitative estimate of drug-likeness (QED) is 0.819. The van der Waals surface area contributed by atoms with Crippen LogP contribution in [0.15, 0.2) is 18.2 Å². The van der Waals surface area contributed by atoms with Crippen LogP contribution in [0.5, 0.6) is 0 Å². The highest BCUT2D eigenvalue weighted by atomic mass is 16.1. The van der Waals surface area contributed by atoms with Crippen LogP contribution in [0.3, 0.4) is 0 Å². The Morgan fingerprint density at radius 2 is 2.00 bits per heavy atom. The number of hydrogen-bond donors (Lipinski definition) is 2. The molecule has 0 heterocycles. The molecular weight excluding hydrogens is 236 g/mol. The number of nitrogens with one attached hydrogen (secondary N) is 1. The van der Waals surface area contributed by atoms with Crippen molar-refractivity contribution in [1.82, 2.24) is 5.32 Å². The molecule has 0 bridgehead atoms. The molecule has 1 aliphatic rings. The third-order valence-electron chi connectivity index (χ3n) is 4.31. The van der Waals surface area contributed by atoms with E-state index in [1.165, 1.54) is 32.1 Å². The molecule has 104 valence electrons. The van der Waals surface area contributed by atoms with Crippen molar-refractivity contribution in [3.05, 3.63) is 29.3 Å². The number of para-hydroxylation sites is 1. The van der Waals surface area contributed by atoms with Gasteiger partial charge < -0.3 is 11.1 Å². The summed E-state index contributed by atoms with van der Waals surface area (Å²) in [6.07, 6.45) is 6.29. The molecule has 19 heavy (non-hydrogen) atoms. The normalized spacial score (nSPS) is 18.0. The van der Waals surface area contributed by atoms with E-state index >= 15 is 0 Å². The number of aryl methyl sites for hydroxylation is 1. The molecule has 0 aliphatic heterocycles. The summed E-state index contributed by atoms with van der Waals surface area (Å²) in [7, 11) is 0. The van der Waals surface area contributed by atoms with Crippen LogP contribution in [-0.4, -0.2) is 12.5 Å². The zero-order valence-electron chi connectivity index (χ0n) is 12.0. The monoisotopic (exact) mass is 260 g/mol. The van der Waals surface area contributed by atoms with Crippen LogP contribution in [0.25, 0.3) is 0 Å². The van der Waals surface area contributed by atoms with Gasteiger partial charge in [-0.25, -0.2) is 0 Å². The summed E-state index contributed by atoms with van der Waals surface area (Å²) in [6.45, 7) is 4.94. The lowest BCUT2D eigenvalue weighted by Gasteiger charge is -2.33. The molecule has 3 N–H and O–H groups in total. The third-order valence-corrected chi connectivity index (χ3v) is 4.31. The maximum absolute atomic E-state index is 12.2. The van der Waals surface area contributed by atoms with Crippen molar-refractivity contribution < 1.29 is 4.79 Å².